The van der Waals surface area contributed by atoms with Gasteiger partial charge in [0.1, 0.15) is 5.82 Å². The number of hydrogen-bond donors (Lipinski definition) is 2. The smallest absolute Gasteiger partial charge is 0.339 e. The average Bonchev–Trinajstić information content (AvgIpc) is 3.18. The lowest BCUT2D eigenvalue weighted by Gasteiger charge is -2.32. The first-order valence-corrected chi connectivity index (χ1v) is 11.1. The summed E-state index contributed by atoms with van der Waals surface area (Å²) in [6.07, 6.45) is 2.27. The number of piperidine rings is 1. The van der Waals surface area contributed by atoms with Crippen LogP contribution in [-0.4, -0.2) is 43.6 Å². The number of H-pyrrole nitrogens is 2. The number of carbonyl (C=O) groups excluding carboxylic acids is 1. The van der Waals surface area contributed by atoms with Crippen LogP contribution in [0.15, 0.2) is 64.2 Å². The molecule has 8 heteroatoms. The predicted octanol–water partition coefficient (Wildman–Crippen LogP) is 2.81. The molecule has 4 aromatic rings. The Hall–Kier alpha value is -3.94. The van der Waals surface area contributed by atoms with Gasteiger partial charge in [0.2, 0.25) is 5.56 Å². The number of carbonyl (C=O) groups is 1. The summed E-state index contributed by atoms with van der Waals surface area (Å²) in [7, 11) is 0. The van der Waals surface area contributed by atoms with Crippen LogP contribution in [0.4, 0.5) is 0 Å². The largest absolute Gasteiger partial charge is 0.347 e. The summed E-state index contributed by atoms with van der Waals surface area (Å²) in [6.45, 7) is 3.17. The van der Waals surface area contributed by atoms with E-state index in [2.05, 4.69) is 15.2 Å². The van der Waals surface area contributed by atoms with E-state index in [1.54, 1.807) is 10.6 Å². The molecule has 3 heterocycles. The third-order valence-electron chi connectivity index (χ3n) is 6.45. The number of nitrogens with one attached hydrogen (secondary N) is 2. The third kappa shape index (κ3) is 4.00. The maximum absolute atomic E-state index is 13.2. The molecule has 2 aromatic heterocycles. The molecule has 168 valence electrons. The van der Waals surface area contributed by atoms with Crippen LogP contribution in [0.2, 0.25) is 0 Å². The molecule has 1 aliphatic heterocycles. The van der Waals surface area contributed by atoms with E-state index in [4.69, 9.17) is 0 Å². The molecule has 2 N–H and O–H groups in total. The number of aromatic nitrogens is 4. The molecule has 0 saturated carbocycles. The maximum atomic E-state index is 13.2. The molecule has 0 atom stereocenters. The van der Waals surface area contributed by atoms with Gasteiger partial charge in [0.15, 0.2) is 0 Å². The van der Waals surface area contributed by atoms with Crippen molar-refractivity contribution >= 4 is 16.8 Å². The van der Waals surface area contributed by atoms with E-state index in [0.717, 1.165) is 29.5 Å². The lowest BCUT2D eigenvalue weighted by atomic mass is 9.92. The second-order valence-electron chi connectivity index (χ2n) is 8.60. The van der Waals surface area contributed by atoms with E-state index >= 15 is 0 Å². The summed E-state index contributed by atoms with van der Waals surface area (Å²) in [5.74, 6) is 0.898. The van der Waals surface area contributed by atoms with Crippen LogP contribution in [0.3, 0.4) is 0 Å². The predicted molar refractivity (Wildman–Crippen MR) is 126 cm³/mol. The SMILES string of the molecule is Cc1ccccc1-n1c(CC2CCN(C(=O)c3cc(=O)[nH]c4ccccc34)CC2)n[nH]c1=O. The summed E-state index contributed by atoms with van der Waals surface area (Å²) in [6, 6.07) is 16.5. The number of rotatable bonds is 4. The van der Waals surface area contributed by atoms with Crippen molar-refractivity contribution in [2.24, 2.45) is 5.92 Å². The number of aryl methyl sites for hydroxylation is 1. The van der Waals surface area contributed by atoms with E-state index in [-0.39, 0.29) is 17.2 Å². The number of fused-ring (bicyclic) bond motifs is 1. The molecule has 8 nitrogen and oxygen atoms in total. The zero-order valence-corrected chi connectivity index (χ0v) is 18.4. The van der Waals surface area contributed by atoms with Crippen molar-refractivity contribution in [1.29, 1.82) is 0 Å². The standard InChI is InChI=1S/C25H25N5O3/c1-16-6-2-5-9-21(16)30-22(27-28-25(30)33)14-17-10-12-29(13-11-17)24(32)19-15-23(31)26-20-8-4-3-7-18(19)20/h2-9,15,17H,10-14H2,1H3,(H,26,31)(H,28,33). The van der Waals surface area contributed by atoms with Gasteiger partial charge in [-0.3, -0.25) is 9.59 Å². The van der Waals surface area contributed by atoms with Crippen molar-refractivity contribution in [2.45, 2.75) is 26.2 Å². The molecule has 0 bridgehead atoms. The molecule has 0 unspecified atom stereocenters. The highest BCUT2D eigenvalue weighted by atomic mass is 16.2. The Kier molecular flexibility index (Phi) is 5.42. The van der Waals surface area contributed by atoms with E-state index in [1.165, 1.54) is 6.07 Å². The zero-order chi connectivity index (χ0) is 22.9. The Labute approximate surface area is 189 Å². The first-order chi connectivity index (χ1) is 16.0. The fourth-order valence-corrected chi connectivity index (χ4v) is 4.68. The van der Waals surface area contributed by atoms with Crippen molar-refractivity contribution in [2.75, 3.05) is 13.1 Å². The van der Waals surface area contributed by atoms with E-state index in [1.807, 2.05) is 54.3 Å². The highest BCUT2D eigenvalue weighted by Crippen LogP contribution is 2.25. The van der Waals surface area contributed by atoms with Gasteiger partial charge >= 0.3 is 5.69 Å². The zero-order valence-electron chi connectivity index (χ0n) is 18.4. The molecular formula is C25H25N5O3. The van der Waals surface area contributed by atoms with Crippen molar-refractivity contribution in [3.8, 4) is 5.69 Å². The van der Waals surface area contributed by atoms with Crippen LogP contribution in [0, 0.1) is 12.8 Å². The second kappa shape index (κ2) is 8.54. The fourth-order valence-electron chi connectivity index (χ4n) is 4.68. The first kappa shape index (κ1) is 20.9. The van der Waals surface area contributed by atoms with Crippen LogP contribution in [0.5, 0.6) is 0 Å². The highest BCUT2D eigenvalue weighted by Gasteiger charge is 2.27. The topological polar surface area (TPSA) is 104 Å². The van der Waals surface area contributed by atoms with Crippen molar-refractivity contribution in [3.05, 3.63) is 92.4 Å². The monoisotopic (exact) mass is 443 g/mol. The summed E-state index contributed by atoms with van der Waals surface area (Å²) in [5.41, 5.74) is 2.42. The van der Waals surface area contributed by atoms with Gasteiger partial charge in [0.05, 0.1) is 11.3 Å². The summed E-state index contributed by atoms with van der Waals surface area (Å²) in [5, 5.41) is 7.62. The molecule has 0 aliphatic carbocycles. The highest BCUT2D eigenvalue weighted by molar-refractivity contribution is 6.05. The minimum atomic E-state index is -0.278. The number of likely N-dealkylation sites (tertiary alicyclic amines) is 1. The van der Waals surface area contributed by atoms with Gasteiger partial charge in [-0.2, -0.15) is 5.10 Å². The number of hydrogen-bond acceptors (Lipinski definition) is 4. The summed E-state index contributed by atoms with van der Waals surface area (Å²) in [4.78, 5) is 42.3. The molecule has 1 saturated heterocycles. The van der Waals surface area contributed by atoms with Gasteiger partial charge in [-0.05, 0) is 43.4 Å². The average molecular weight is 444 g/mol. The normalized spacial score (nSPS) is 14.6. The molecular weight excluding hydrogens is 418 g/mol. The molecule has 1 aliphatic rings. The number of aromatic amines is 2. The lowest BCUT2D eigenvalue weighted by Crippen LogP contribution is -2.39. The number of pyridine rings is 1. The van der Waals surface area contributed by atoms with Gasteiger partial charge in [-0.15, -0.1) is 0 Å². The number of amides is 1. The van der Waals surface area contributed by atoms with Crippen LogP contribution in [0.1, 0.15) is 34.6 Å². The van der Waals surface area contributed by atoms with Gasteiger partial charge in [-0.1, -0.05) is 36.4 Å². The third-order valence-corrected chi connectivity index (χ3v) is 6.45. The molecule has 1 fully saturated rings. The Morgan fingerprint density at radius 2 is 1.79 bits per heavy atom. The Bertz CT molecular complexity index is 1440. The Morgan fingerprint density at radius 1 is 1.06 bits per heavy atom. The molecule has 1 amide bonds. The molecule has 0 spiro atoms. The van der Waals surface area contributed by atoms with Gasteiger partial charge in [-0.25, -0.2) is 14.5 Å². The van der Waals surface area contributed by atoms with Crippen LogP contribution in [0.25, 0.3) is 16.6 Å². The maximum Gasteiger partial charge on any atom is 0.347 e. The van der Waals surface area contributed by atoms with Crippen LogP contribution >= 0.6 is 0 Å². The lowest BCUT2D eigenvalue weighted by molar-refractivity contribution is 0.0691. The Balaban J connectivity index is 1.32. The summed E-state index contributed by atoms with van der Waals surface area (Å²) >= 11 is 0. The second-order valence-corrected chi connectivity index (χ2v) is 8.60. The molecule has 5 rings (SSSR count). The first-order valence-electron chi connectivity index (χ1n) is 11.1. The van der Waals surface area contributed by atoms with Crippen molar-refractivity contribution in [1.82, 2.24) is 24.6 Å². The van der Waals surface area contributed by atoms with Crippen LogP contribution in [-0.2, 0) is 6.42 Å². The minimum absolute atomic E-state index is 0.118. The van der Waals surface area contributed by atoms with E-state index in [0.29, 0.717) is 42.3 Å². The molecule has 2 aromatic carbocycles. The number of benzene rings is 2. The number of para-hydroxylation sites is 2. The molecule has 33 heavy (non-hydrogen) atoms. The minimum Gasteiger partial charge on any atom is -0.339 e. The molecule has 0 radical (unpaired) electrons. The number of nitrogens with zero attached hydrogens (tertiary/aromatic N) is 3. The van der Waals surface area contributed by atoms with Crippen LogP contribution < -0.4 is 11.2 Å². The van der Waals surface area contributed by atoms with Crippen molar-refractivity contribution in [3.63, 3.8) is 0 Å². The quantitative estimate of drug-likeness (QED) is 0.506. The van der Waals surface area contributed by atoms with Gasteiger partial charge < -0.3 is 9.88 Å². The summed E-state index contributed by atoms with van der Waals surface area (Å²) < 4.78 is 1.65. The van der Waals surface area contributed by atoms with Gasteiger partial charge in [0.25, 0.3) is 5.91 Å². The van der Waals surface area contributed by atoms with Crippen molar-refractivity contribution < 1.29 is 4.79 Å². The van der Waals surface area contributed by atoms with Gasteiger partial charge in [0, 0.05) is 36.5 Å². The van der Waals surface area contributed by atoms with E-state index < -0.39 is 0 Å². The van der Waals surface area contributed by atoms with E-state index in [9.17, 15) is 14.4 Å². The fraction of sp³-hybridized carbons (Fsp3) is 0.280. The Morgan fingerprint density at radius 3 is 2.58 bits per heavy atom.